The largest absolute Gasteiger partial charge is 0.355 e. The molecule has 0 spiro atoms. The molecule has 0 radical (unpaired) electrons. The number of unbranched alkanes of at least 4 members (excludes halogenated alkanes) is 1. The number of nitrogens with one attached hydrogen (secondary N) is 2. The van der Waals surface area contributed by atoms with Crippen LogP contribution in [-0.2, 0) is 4.79 Å². The van der Waals surface area contributed by atoms with Crippen LogP contribution in [0.1, 0.15) is 32.6 Å². The van der Waals surface area contributed by atoms with Gasteiger partial charge in [-0.25, -0.2) is 0 Å². The second kappa shape index (κ2) is 5.14. The monoisotopic (exact) mass is 170 g/mol. The van der Waals surface area contributed by atoms with E-state index in [-0.39, 0.29) is 11.9 Å². The minimum absolute atomic E-state index is 0.0744. The molecule has 0 bridgehead atoms. The van der Waals surface area contributed by atoms with Crippen molar-refractivity contribution in [2.45, 2.75) is 38.6 Å². The van der Waals surface area contributed by atoms with Crippen LogP contribution in [0.25, 0.3) is 0 Å². The molecule has 3 heteroatoms. The average molecular weight is 170 g/mol. The number of hydrogen-bond acceptors (Lipinski definition) is 2. The zero-order valence-corrected chi connectivity index (χ0v) is 7.73. The van der Waals surface area contributed by atoms with Crippen molar-refractivity contribution in [3.8, 4) is 0 Å². The SMILES string of the molecule is CCCCNC1CCCNC1=O. The van der Waals surface area contributed by atoms with Crippen molar-refractivity contribution in [3.05, 3.63) is 0 Å². The van der Waals surface area contributed by atoms with Crippen LogP contribution in [0.5, 0.6) is 0 Å². The lowest BCUT2D eigenvalue weighted by molar-refractivity contribution is -0.124. The van der Waals surface area contributed by atoms with Crippen molar-refractivity contribution >= 4 is 5.91 Å². The van der Waals surface area contributed by atoms with Crippen molar-refractivity contribution < 1.29 is 4.79 Å². The molecule has 1 saturated heterocycles. The Hall–Kier alpha value is -0.570. The van der Waals surface area contributed by atoms with Gasteiger partial charge < -0.3 is 10.6 Å². The Balaban J connectivity index is 2.16. The molecular formula is C9H18N2O. The third kappa shape index (κ3) is 2.81. The van der Waals surface area contributed by atoms with Crippen LogP contribution in [0.15, 0.2) is 0 Å². The molecule has 1 fully saturated rings. The highest BCUT2D eigenvalue weighted by atomic mass is 16.2. The molecule has 0 aromatic heterocycles. The van der Waals surface area contributed by atoms with Crippen LogP contribution in [0.2, 0.25) is 0 Å². The summed E-state index contributed by atoms with van der Waals surface area (Å²) in [5, 5.41) is 6.12. The van der Waals surface area contributed by atoms with Crippen molar-refractivity contribution in [2.24, 2.45) is 0 Å². The van der Waals surface area contributed by atoms with E-state index >= 15 is 0 Å². The van der Waals surface area contributed by atoms with Gasteiger partial charge in [0, 0.05) is 6.54 Å². The maximum absolute atomic E-state index is 11.2. The third-order valence-corrected chi connectivity index (χ3v) is 2.21. The van der Waals surface area contributed by atoms with Crippen molar-refractivity contribution in [1.29, 1.82) is 0 Å². The molecule has 1 unspecified atom stereocenters. The van der Waals surface area contributed by atoms with E-state index in [2.05, 4.69) is 17.6 Å². The molecule has 0 saturated carbocycles. The molecule has 1 aliphatic rings. The Morgan fingerprint density at radius 2 is 2.50 bits per heavy atom. The van der Waals surface area contributed by atoms with E-state index in [1.54, 1.807) is 0 Å². The highest BCUT2D eigenvalue weighted by molar-refractivity contribution is 5.82. The summed E-state index contributed by atoms with van der Waals surface area (Å²) in [5.41, 5.74) is 0. The number of amides is 1. The third-order valence-electron chi connectivity index (χ3n) is 2.21. The van der Waals surface area contributed by atoms with Gasteiger partial charge in [0.05, 0.1) is 6.04 Å². The van der Waals surface area contributed by atoms with Gasteiger partial charge in [-0.2, -0.15) is 0 Å². The topological polar surface area (TPSA) is 41.1 Å². The van der Waals surface area contributed by atoms with Crippen molar-refractivity contribution in [1.82, 2.24) is 10.6 Å². The highest BCUT2D eigenvalue weighted by Gasteiger charge is 2.20. The first-order valence-corrected chi connectivity index (χ1v) is 4.85. The van der Waals surface area contributed by atoms with Crippen molar-refractivity contribution in [2.75, 3.05) is 13.1 Å². The lowest BCUT2D eigenvalue weighted by Gasteiger charge is -2.22. The van der Waals surface area contributed by atoms with Crippen LogP contribution in [0.3, 0.4) is 0 Å². The molecule has 1 atom stereocenters. The van der Waals surface area contributed by atoms with Crippen LogP contribution >= 0.6 is 0 Å². The summed E-state index contributed by atoms with van der Waals surface area (Å²) in [6, 6.07) is 0.0744. The van der Waals surface area contributed by atoms with Crippen molar-refractivity contribution in [3.63, 3.8) is 0 Å². The first-order valence-electron chi connectivity index (χ1n) is 4.85. The second-order valence-electron chi connectivity index (χ2n) is 3.29. The molecule has 0 aliphatic carbocycles. The van der Waals surface area contributed by atoms with Gasteiger partial charge >= 0.3 is 0 Å². The number of piperidine rings is 1. The molecule has 1 heterocycles. The van der Waals surface area contributed by atoms with Gasteiger partial charge in [-0.05, 0) is 25.8 Å². The maximum Gasteiger partial charge on any atom is 0.237 e. The van der Waals surface area contributed by atoms with Crippen LogP contribution < -0.4 is 10.6 Å². The van der Waals surface area contributed by atoms with Gasteiger partial charge in [0.1, 0.15) is 0 Å². The van der Waals surface area contributed by atoms with E-state index in [4.69, 9.17) is 0 Å². The molecule has 0 aromatic rings. The molecular weight excluding hydrogens is 152 g/mol. The molecule has 2 N–H and O–H groups in total. The summed E-state index contributed by atoms with van der Waals surface area (Å²) in [6.45, 7) is 3.97. The average Bonchev–Trinajstić information content (AvgIpc) is 2.09. The Labute approximate surface area is 73.9 Å². The minimum atomic E-state index is 0.0744. The van der Waals surface area contributed by atoms with Gasteiger partial charge in [-0.15, -0.1) is 0 Å². The van der Waals surface area contributed by atoms with E-state index in [9.17, 15) is 4.79 Å². The minimum Gasteiger partial charge on any atom is -0.355 e. The molecule has 1 aliphatic heterocycles. The first-order chi connectivity index (χ1) is 5.84. The lowest BCUT2D eigenvalue weighted by Crippen LogP contribution is -2.48. The zero-order valence-electron chi connectivity index (χ0n) is 7.73. The number of rotatable bonds is 4. The Morgan fingerprint density at radius 1 is 1.67 bits per heavy atom. The summed E-state index contributed by atoms with van der Waals surface area (Å²) in [4.78, 5) is 11.2. The summed E-state index contributed by atoms with van der Waals surface area (Å²) >= 11 is 0. The predicted octanol–water partition coefficient (Wildman–Crippen LogP) is 0.655. The fraction of sp³-hybridized carbons (Fsp3) is 0.889. The number of hydrogen-bond donors (Lipinski definition) is 2. The van der Waals surface area contributed by atoms with Crippen LogP contribution in [0, 0.1) is 0 Å². The highest BCUT2D eigenvalue weighted by Crippen LogP contribution is 2.02. The van der Waals surface area contributed by atoms with Crippen LogP contribution in [-0.4, -0.2) is 25.0 Å². The number of carbonyl (C=O) groups excluding carboxylic acids is 1. The normalized spacial score (nSPS) is 23.8. The lowest BCUT2D eigenvalue weighted by atomic mass is 10.1. The van der Waals surface area contributed by atoms with Gasteiger partial charge in [0.2, 0.25) is 5.91 Å². The fourth-order valence-electron chi connectivity index (χ4n) is 1.42. The summed E-state index contributed by atoms with van der Waals surface area (Å²) in [7, 11) is 0. The summed E-state index contributed by atoms with van der Waals surface area (Å²) in [6.07, 6.45) is 4.44. The molecule has 3 nitrogen and oxygen atoms in total. The first kappa shape index (κ1) is 9.52. The Kier molecular flexibility index (Phi) is 4.08. The molecule has 1 amide bonds. The van der Waals surface area contributed by atoms with Gasteiger partial charge in [0.15, 0.2) is 0 Å². The molecule has 70 valence electrons. The fourth-order valence-corrected chi connectivity index (χ4v) is 1.42. The van der Waals surface area contributed by atoms with Gasteiger partial charge in [-0.3, -0.25) is 4.79 Å². The Bertz CT molecular complexity index is 147. The van der Waals surface area contributed by atoms with E-state index in [1.807, 2.05) is 0 Å². The zero-order chi connectivity index (χ0) is 8.81. The quantitative estimate of drug-likeness (QED) is 0.608. The molecule has 0 aromatic carbocycles. The van der Waals surface area contributed by atoms with E-state index < -0.39 is 0 Å². The van der Waals surface area contributed by atoms with Crippen LogP contribution in [0.4, 0.5) is 0 Å². The Morgan fingerprint density at radius 3 is 3.17 bits per heavy atom. The summed E-state index contributed by atoms with van der Waals surface area (Å²) < 4.78 is 0. The smallest absolute Gasteiger partial charge is 0.237 e. The second-order valence-corrected chi connectivity index (χ2v) is 3.29. The van der Waals surface area contributed by atoms with E-state index in [1.165, 1.54) is 6.42 Å². The standard InChI is InChI=1S/C9H18N2O/c1-2-3-6-10-8-5-4-7-11-9(8)12/h8,10H,2-7H2,1H3,(H,11,12). The molecule has 1 rings (SSSR count). The van der Waals surface area contributed by atoms with Gasteiger partial charge in [-0.1, -0.05) is 13.3 Å². The maximum atomic E-state index is 11.2. The predicted molar refractivity (Wildman–Crippen MR) is 48.9 cm³/mol. The van der Waals surface area contributed by atoms with E-state index in [0.717, 1.165) is 32.4 Å². The molecule has 12 heavy (non-hydrogen) atoms. The van der Waals surface area contributed by atoms with Gasteiger partial charge in [0.25, 0.3) is 0 Å². The van der Waals surface area contributed by atoms with E-state index in [0.29, 0.717) is 0 Å². The summed E-state index contributed by atoms with van der Waals surface area (Å²) in [5.74, 6) is 0.178. The number of carbonyl (C=O) groups is 1.